The number of benzene rings is 2. The number of aliphatic hydroxyl groups excluding tert-OH is 1. The van der Waals surface area contributed by atoms with E-state index in [1.807, 2.05) is 0 Å². The third-order valence-corrected chi connectivity index (χ3v) is 8.95. The lowest BCUT2D eigenvalue weighted by Crippen LogP contribution is -2.56. The van der Waals surface area contributed by atoms with Crippen LogP contribution in [-0.4, -0.2) is 93.8 Å². The third kappa shape index (κ3) is 5.97. The molecule has 3 aliphatic rings. The number of rotatable bonds is 9. The first kappa shape index (κ1) is 34.0. The largest absolute Gasteiger partial charge is 0.507 e. The molecule has 0 bridgehead atoms. The summed E-state index contributed by atoms with van der Waals surface area (Å²) in [5.74, 6) is -3.76. The summed E-state index contributed by atoms with van der Waals surface area (Å²) < 4.78 is 17.5. The van der Waals surface area contributed by atoms with Crippen LogP contribution >= 0.6 is 0 Å². The first-order valence-corrected chi connectivity index (χ1v) is 15.2. The maximum atomic E-state index is 13.9. The van der Waals surface area contributed by atoms with E-state index in [-0.39, 0.29) is 53.7 Å². The summed E-state index contributed by atoms with van der Waals surface area (Å²) in [6, 6.07) is 3.55. The number of methoxy groups -OCH3 is 1. The standard InChI is InChI=1S/C33H38N2O12/c1-6-21(36)33(43)12-17-25(32(42)27-26(30(17)40)29(39)16-8-7-9-19(44-4)24(16)31(27)41)20(13-33)47-23-11-18(28(38)15(3)46-23)34-22(37)10-14(2)35-45-5/h7-9,15,18,20,23,28,38,40,42-43H,6,10-13H2,1-5H3,(H,34,37)/b35-14+/t15?,18?,20-,23?,28?,33-/m0/s1. The maximum absolute atomic E-state index is 13.9. The summed E-state index contributed by atoms with van der Waals surface area (Å²) in [5.41, 5.74) is -2.94. The van der Waals surface area contributed by atoms with Crippen LogP contribution in [0.25, 0.3) is 0 Å². The summed E-state index contributed by atoms with van der Waals surface area (Å²) in [6.07, 6.45) is -5.56. The van der Waals surface area contributed by atoms with Gasteiger partial charge in [0.15, 0.2) is 17.9 Å². The molecule has 252 valence electrons. The highest BCUT2D eigenvalue weighted by Gasteiger charge is 2.50. The number of aliphatic hydroxyl groups is 2. The van der Waals surface area contributed by atoms with Crippen LogP contribution in [-0.2, 0) is 30.3 Å². The number of hydrogen-bond donors (Lipinski definition) is 5. The van der Waals surface area contributed by atoms with E-state index in [1.54, 1.807) is 20.8 Å². The number of phenols is 2. The van der Waals surface area contributed by atoms with E-state index in [9.17, 15) is 39.6 Å². The van der Waals surface area contributed by atoms with Gasteiger partial charge < -0.3 is 44.8 Å². The minimum absolute atomic E-state index is 0.0417. The maximum Gasteiger partial charge on any atom is 0.226 e. The molecule has 4 unspecified atom stereocenters. The van der Waals surface area contributed by atoms with Gasteiger partial charge in [-0.1, -0.05) is 24.2 Å². The van der Waals surface area contributed by atoms with Gasteiger partial charge >= 0.3 is 0 Å². The Labute approximate surface area is 270 Å². The Morgan fingerprint density at radius 3 is 2.47 bits per heavy atom. The Morgan fingerprint density at radius 2 is 1.81 bits per heavy atom. The second kappa shape index (κ2) is 13.0. The number of fused-ring (bicyclic) bond motifs is 3. The van der Waals surface area contributed by atoms with E-state index < -0.39 is 88.5 Å². The number of aromatic hydroxyl groups is 2. The Morgan fingerprint density at radius 1 is 1.11 bits per heavy atom. The molecule has 0 aromatic heterocycles. The molecule has 5 N–H and O–H groups in total. The number of phenolic OH excluding ortho intramolecular Hbond substituents is 2. The second-order valence-electron chi connectivity index (χ2n) is 12.1. The number of carbonyl (C=O) groups excluding carboxylic acids is 4. The van der Waals surface area contributed by atoms with E-state index in [4.69, 9.17) is 14.2 Å². The zero-order valence-corrected chi connectivity index (χ0v) is 26.7. The van der Waals surface area contributed by atoms with Crippen molar-refractivity contribution >= 4 is 29.0 Å². The van der Waals surface area contributed by atoms with Gasteiger partial charge in [0.25, 0.3) is 0 Å². The molecule has 6 atom stereocenters. The predicted molar refractivity (Wildman–Crippen MR) is 164 cm³/mol. The number of Topliss-reactive ketones (excluding diaryl/α,β-unsaturated/α-hetero) is 1. The van der Waals surface area contributed by atoms with Crippen LogP contribution in [0.3, 0.4) is 0 Å². The van der Waals surface area contributed by atoms with Gasteiger partial charge in [-0.15, -0.1) is 0 Å². The molecule has 1 amide bonds. The van der Waals surface area contributed by atoms with Crippen LogP contribution in [0.2, 0.25) is 0 Å². The van der Waals surface area contributed by atoms with Gasteiger partial charge in [-0.3, -0.25) is 19.2 Å². The van der Waals surface area contributed by atoms with Crippen LogP contribution in [0.4, 0.5) is 0 Å². The molecule has 2 aliphatic carbocycles. The number of ether oxygens (including phenoxy) is 3. The fourth-order valence-electron chi connectivity index (χ4n) is 6.72. The lowest BCUT2D eigenvalue weighted by atomic mass is 9.71. The van der Waals surface area contributed by atoms with Gasteiger partial charge in [-0.25, -0.2) is 0 Å². The van der Waals surface area contributed by atoms with Crippen molar-refractivity contribution < 1.29 is 58.7 Å². The third-order valence-electron chi connectivity index (χ3n) is 8.95. The molecule has 2 aromatic carbocycles. The Balaban J connectivity index is 1.56. The molecule has 0 saturated carbocycles. The SMILES string of the molecule is CCC(=O)[C@]1(O)Cc2c(O)c3c(c(O)c2[C@@H](OC2CC(NC(=O)C/C(C)=N/OC)C(O)C(C)O2)C1)C(=O)c1c(OC)cccc1C3=O. The molecule has 1 aliphatic heterocycles. The fraction of sp³-hybridized carbons (Fsp3) is 0.485. The zero-order valence-electron chi connectivity index (χ0n) is 26.7. The molecule has 0 spiro atoms. The number of oxime groups is 1. The minimum Gasteiger partial charge on any atom is -0.507 e. The van der Waals surface area contributed by atoms with Crippen molar-refractivity contribution in [2.45, 2.75) is 89.1 Å². The van der Waals surface area contributed by atoms with Gasteiger partial charge in [0, 0.05) is 42.4 Å². The van der Waals surface area contributed by atoms with Crippen molar-refractivity contribution in [3.8, 4) is 17.2 Å². The molecule has 1 fully saturated rings. The van der Waals surface area contributed by atoms with E-state index in [1.165, 1.54) is 32.4 Å². The van der Waals surface area contributed by atoms with E-state index in [0.717, 1.165) is 0 Å². The fourth-order valence-corrected chi connectivity index (χ4v) is 6.72. The predicted octanol–water partition coefficient (Wildman–Crippen LogP) is 1.99. The molecular formula is C33H38N2O12. The van der Waals surface area contributed by atoms with Crippen molar-refractivity contribution in [1.82, 2.24) is 5.32 Å². The van der Waals surface area contributed by atoms with Crippen molar-refractivity contribution in [2.24, 2.45) is 5.16 Å². The summed E-state index contributed by atoms with van der Waals surface area (Å²) in [4.78, 5) is 58.0. The monoisotopic (exact) mass is 654 g/mol. The molecule has 0 radical (unpaired) electrons. The quantitative estimate of drug-likeness (QED) is 0.127. The molecule has 14 heteroatoms. The number of hydrogen-bond acceptors (Lipinski definition) is 13. The number of ketones is 3. The van der Waals surface area contributed by atoms with Crippen LogP contribution in [0.1, 0.15) is 95.5 Å². The van der Waals surface area contributed by atoms with Gasteiger partial charge in [0.2, 0.25) is 11.7 Å². The minimum atomic E-state index is -2.07. The van der Waals surface area contributed by atoms with E-state index in [2.05, 4.69) is 15.3 Å². The molecule has 2 aromatic rings. The lowest BCUT2D eigenvalue weighted by molar-refractivity contribution is -0.249. The Bertz CT molecular complexity index is 1670. The normalized spacial score (nSPS) is 27.0. The first-order valence-electron chi connectivity index (χ1n) is 15.2. The van der Waals surface area contributed by atoms with Crippen LogP contribution in [0, 0.1) is 0 Å². The van der Waals surface area contributed by atoms with Crippen molar-refractivity contribution in [3.63, 3.8) is 0 Å². The summed E-state index contributed by atoms with van der Waals surface area (Å²) in [7, 11) is 2.68. The second-order valence-corrected chi connectivity index (χ2v) is 12.1. The van der Waals surface area contributed by atoms with Crippen LogP contribution in [0.15, 0.2) is 23.4 Å². The highest BCUT2D eigenvalue weighted by molar-refractivity contribution is 6.31. The van der Waals surface area contributed by atoms with E-state index >= 15 is 0 Å². The number of amides is 1. The van der Waals surface area contributed by atoms with E-state index in [0.29, 0.717) is 5.71 Å². The van der Waals surface area contributed by atoms with Crippen molar-refractivity contribution in [3.05, 3.63) is 51.6 Å². The summed E-state index contributed by atoms with van der Waals surface area (Å²) in [5, 5.41) is 52.1. The molecule has 1 saturated heterocycles. The van der Waals surface area contributed by atoms with Crippen LogP contribution < -0.4 is 10.1 Å². The molecule has 14 nitrogen and oxygen atoms in total. The molecule has 47 heavy (non-hydrogen) atoms. The van der Waals surface area contributed by atoms with Crippen LogP contribution in [0.5, 0.6) is 17.2 Å². The number of nitrogens with one attached hydrogen (secondary N) is 1. The molecule has 1 heterocycles. The Kier molecular flexibility index (Phi) is 9.42. The molecular weight excluding hydrogens is 616 g/mol. The van der Waals surface area contributed by atoms with Gasteiger partial charge in [-0.05, 0) is 19.9 Å². The average molecular weight is 655 g/mol. The van der Waals surface area contributed by atoms with Crippen molar-refractivity contribution in [2.75, 3.05) is 14.2 Å². The molecule has 5 rings (SSSR count). The summed E-state index contributed by atoms with van der Waals surface area (Å²) >= 11 is 0. The van der Waals surface area contributed by atoms with Gasteiger partial charge in [0.1, 0.15) is 36.1 Å². The Hall–Kier alpha value is -4.37. The average Bonchev–Trinajstić information content (AvgIpc) is 3.02. The van der Waals surface area contributed by atoms with Gasteiger partial charge in [-0.2, -0.15) is 0 Å². The first-order chi connectivity index (χ1) is 22.3. The van der Waals surface area contributed by atoms with Crippen molar-refractivity contribution in [1.29, 1.82) is 0 Å². The zero-order chi connectivity index (χ0) is 34.4. The van der Waals surface area contributed by atoms with Gasteiger partial charge in [0.05, 0.1) is 54.2 Å². The number of nitrogens with zero attached hydrogens (tertiary/aromatic N) is 1. The highest BCUT2D eigenvalue weighted by Crippen LogP contribution is 2.52. The lowest BCUT2D eigenvalue weighted by Gasteiger charge is -2.43. The summed E-state index contributed by atoms with van der Waals surface area (Å²) in [6.45, 7) is 4.73. The smallest absolute Gasteiger partial charge is 0.226 e. The highest BCUT2D eigenvalue weighted by atomic mass is 16.7. The topological polar surface area (TPSA) is 211 Å². The number of carbonyl (C=O) groups is 4.